The molecule has 2 heterocycles. The van der Waals surface area contributed by atoms with Crippen molar-refractivity contribution in [3.05, 3.63) is 77.1 Å². The average molecular weight is 358 g/mol. The zero-order valence-electron chi connectivity index (χ0n) is 15.7. The van der Waals surface area contributed by atoms with Gasteiger partial charge in [-0.1, -0.05) is 18.2 Å². The molecule has 5 nitrogen and oxygen atoms in total. The number of hydrogen-bond donors (Lipinski definition) is 1. The van der Waals surface area contributed by atoms with E-state index in [1.54, 1.807) is 0 Å². The number of nitrogens with one attached hydrogen (secondary N) is 1. The van der Waals surface area contributed by atoms with Crippen molar-refractivity contribution in [1.82, 2.24) is 9.97 Å². The van der Waals surface area contributed by atoms with Crippen LogP contribution < -0.4 is 10.2 Å². The number of benzene rings is 2. The molecule has 2 aromatic carbocycles. The number of nitrogens with zero attached hydrogens (tertiary/aromatic N) is 3. The molecule has 0 bridgehead atoms. The van der Waals surface area contributed by atoms with Crippen molar-refractivity contribution in [2.45, 2.75) is 33.2 Å². The van der Waals surface area contributed by atoms with Gasteiger partial charge in [0.1, 0.15) is 0 Å². The number of aryl methyl sites for hydroxylation is 2. The normalized spacial score (nSPS) is 15.5. The number of para-hydroxylation sites is 1. The highest BCUT2D eigenvalue weighted by molar-refractivity contribution is 6.07. The molecular formula is C22H22N4O. The van der Waals surface area contributed by atoms with E-state index in [0.717, 1.165) is 29.2 Å². The number of anilines is 3. The van der Waals surface area contributed by atoms with E-state index >= 15 is 0 Å². The second-order valence-electron chi connectivity index (χ2n) is 7.03. The summed E-state index contributed by atoms with van der Waals surface area (Å²) in [7, 11) is 0. The summed E-state index contributed by atoms with van der Waals surface area (Å²) in [6.45, 7) is 5.97. The van der Waals surface area contributed by atoms with E-state index in [9.17, 15) is 4.79 Å². The standard InChI is InChI=1S/C22H22N4O/c1-14-12-15(2)24-22(23-14)25-19-10-8-17(9-11-19)21(27)26-16(3)13-18-6-4-5-7-20(18)26/h4-12,16H,13H2,1-3H3,(H,23,24,25). The van der Waals surface area contributed by atoms with Crippen molar-refractivity contribution in [3.8, 4) is 0 Å². The van der Waals surface area contributed by atoms with E-state index in [-0.39, 0.29) is 11.9 Å². The molecule has 1 atom stereocenters. The summed E-state index contributed by atoms with van der Waals surface area (Å²) < 4.78 is 0. The summed E-state index contributed by atoms with van der Waals surface area (Å²) in [5.74, 6) is 0.593. The monoisotopic (exact) mass is 358 g/mol. The van der Waals surface area contributed by atoms with Crippen LogP contribution in [0.5, 0.6) is 0 Å². The average Bonchev–Trinajstić information content (AvgIpc) is 2.96. The smallest absolute Gasteiger partial charge is 0.258 e. The maximum Gasteiger partial charge on any atom is 0.258 e. The molecule has 1 amide bonds. The van der Waals surface area contributed by atoms with Crippen LogP contribution in [-0.4, -0.2) is 21.9 Å². The van der Waals surface area contributed by atoms with Gasteiger partial charge in [-0.25, -0.2) is 9.97 Å². The van der Waals surface area contributed by atoms with Crippen molar-refractivity contribution in [1.29, 1.82) is 0 Å². The number of hydrogen-bond acceptors (Lipinski definition) is 4. The summed E-state index contributed by atoms with van der Waals surface area (Å²) >= 11 is 0. The van der Waals surface area contributed by atoms with Crippen LogP contribution in [0.15, 0.2) is 54.6 Å². The molecule has 1 aliphatic rings. The molecule has 0 aliphatic carbocycles. The van der Waals surface area contributed by atoms with Crippen LogP contribution in [0.1, 0.15) is 34.2 Å². The Labute approximate surface area is 159 Å². The molecule has 0 saturated carbocycles. The first-order valence-corrected chi connectivity index (χ1v) is 9.12. The number of carbonyl (C=O) groups is 1. The number of aromatic nitrogens is 2. The van der Waals surface area contributed by atoms with Crippen LogP contribution in [-0.2, 0) is 6.42 Å². The van der Waals surface area contributed by atoms with Gasteiger partial charge in [0.2, 0.25) is 5.95 Å². The third kappa shape index (κ3) is 3.40. The second-order valence-corrected chi connectivity index (χ2v) is 7.03. The van der Waals surface area contributed by atoms with Crippen molar-refractivity contribution in [3.63, 3.8) is 0 Å². The van der Waals surface area contributed by atoms with Gasteiger partial charge in [-0.15, -0.1) is 0 Å². The van der Waals surface area contributed by atoms with Crippen molar-refractivity contribution >= 4 is 23.2 Å². The minimum Gasteiger partial charge on any atom is -0.324 e. The van der Waals surface area contributed by atoms with E-state index in [1.165, 1.54) is 5.56 Å². The minimum atomic E-state index is 0.0293. The Bertz CT molecular complexity index is 977. The lowest BCUT2D eigenvalue weighted by atomic mass is 10.1. The van der Waals surface area contributed by atoms with Crippen LogP contribution in [0.3, 0.4) is 0 Å². The van der Waals surface area contributed by atoms with E-state index in [1.807, 2.05) is 67.3 Å². The Morgan fingerprint density at radius 1 is 1.04 bits per heavy atom. The van der Waals surface area contributed by atoms with Crippen LogP contribution in [0.25, 0.3) is 0 Å². The lowest BCUT2D eigenvalue weighted by Gasteiger charge is -2.23. The SMILES string of the molecule is Cc1cc(C)nc(Nc2ccc(C(=O)N3c4ccccc4CC3C)cc2)n1. The maximum absolute atomic E-state index is 13.1. The van der Waals surface area contributed by atoms with Gasteiger partial charge in [-0.3, -0.25) is 4.79 Å². The molecule has 3 aromatic rings. The van der Waals surface area contributed by atoms with Crippen LogP contribution in [0, 0.1) is 13.8 Å². The topological polar surface area (TPSA) is 58.1 Å². The predicted molar refractivity (Wildman–Crippen MR) is 108 cm³/mol. The molecule has 0 fully saturated rings. The fourth-order valence-electron chi connectivity index (χ4n) is 3.62. The lowest BCUT2D eigenvalue weighted by molar-refractivity contribution is 0.0981. The van der Waals surface area contributed by atoms with Gasteiger partial charge in [0, 0.05) is 34.4 Å². The number of rotatable bonds is 3. The number of fused-ring (bicyclic) bond motifs is 1. The highest BCUT2D eigenvalue weighted by Gasteiger charge is 2.31. The fraction of sp³-hybridized carbons (Fsp3) is 0.227. The first-order valence-electron chi connectivity index (χ1n) is 9.12. The van der Waals surface area contributed by atoms with Gasteiger partial charge in [0.05, 0.1) is 0 Å². The van der Waals surface area contributed by atoms with Gasteiger partial charge >= 0.3 is 0 Å². The third-order valence-electron chi connectivity index (χ3n) is 4.80. The summed E-state index contributed by atoms with van der Waals surface area (Å²) in [5.41, 5.74) is 5.60. The molecule has 0 radical (unpaired) electrons. The van der Waals surface area contributed by atoms with Gasteiger partial charge in [-0.05, 0) is 69.2 Å². The summed E-state index contributed by atoms with van der Waals surface area (Å²) in [5, 5.41) is 3.20. The summed E-state index contributed by atoms with van der Waals surface area (Å²) in [4.78, 5) is 23.7. The maximum atomic E-state index is 13.1. The molecule has 1 unspecified atom stereocenters. The molecular weight excluding hydrogens is 336 g/mol. The zero-order chi connectivity index (χ0) is 19.0. The number of amides is 1. The largest absolute Gasteiger partial charge is 0.324 e. The summed E-state index contributed by atoms with van der Waals surface area (Å²) in [6.07, 6.45) is 0.894. The predicted octanol–water partition coefficient (Wildman–Crippen LogP) is 4.43. The molecule has 0 spiro atoms. The Morgan fingerprint density at radius 2 is 1.70 bits per heavy atom. The molecule has 1 aromatic heterocycles. The van der Waals surface area contributed by atoms with Crippen LogP contribution >= 0.6 is 0 Å². The van der Waals surface area contributed by atoms with Gasteiger partial charge in [0.15, 0.2) is 0 Å². The quantitative estimate of drug-likeness (QED) is 0.752. The zero-order valence-corrected chi connectivity index (χ0v) is 15.7. The van der Waals surface area contributed by atoms with E-state index in [0.29, 0.717) is 11.5 Å². The van der Waals surface area contributed by atoms with E-state index < -0.39 is 0 Å². The Kier molecular flexibility index (Phi) is 4.36. The van der Waals surface area contributed by atoms with Crippen LogP contribution in [0.2, 0.25) is 0 Å². The highest BCUT2D eigenvalue weighted by atomic mass is 16.2. The molecule has 4 rings (SSSR count). The molecule has 27 heavy (non-hydrogen) atoms. The van der Waals surface area contributed by atoms with Crippen molar-refractivity contribution in [2.75, 3.05) is 10.2 Å². The molecule has 1 N–H and O–H groups in total. The van der Waals surface area contributed by atoms with Crippen molar-refractivity contribution in [2.24, 2.45) is 0 Å². The molecule has 1 aliphatic heterocycles. The number of carbonyl (C=O) groups excluding carboxylic acids is 1. The van der Waals surface area contributed by atoms with Gasteiger partial charge < -0.3 is 10.2 Å². The molecule has 0 saturated heterocycles. The molecule has 5 heteroatoms. The third-order valence-corrected chi connectivity index (χ3v) is 4.80. The fourth-order valence-corrected chi connectivity index (χ4v) is 3.62. The van der Waals surface area contributed by atoms with Crippen molar-refractivity contribution < 1.29 is 4.79 Å². The van der Waals surface area contributed by atoms with E-state index in [2.05, 4.69) is 28.3 Å². The first-order chi connectivity index (χ1) is 13.0. The van der Waals surface area contributed by atoms with Gasteiger partial charge in [-0.2, -0.15) is 0 Å². The molecule has 136 valence electrons. The summed E-state index contributed by atoms with van der Waals surface area (Å²) in [6, 6.07) is 17.7. The first kappa shape index (κ1) is 17.2. The lowest BCUT2D eigenvalue weighted by Crippen LogP contribution is -2.35. The van der Waals surface area contributed by atoms with E-state index in [4.69, 9.17) is 0 Å². The minimum absolute atomic E-state index is 0.0293. The second kappa shape index (κ2) is 6.83. The van der Waals surface area contributed by atoms with Crippen LogP contribution in [0.4, 0.5) is 17.3 Å². The Balaban J connectivity index is 1.55. The Hall–Kier alpha value is -3.21. The van der Waals surface area contributed by atoms with Gasteiger partial charge in [0.25, 0.3) is 5.91 Å². The Morgan fingerprint density at radius 3 is 2.41 bits per heavy atom. The highest BCUT2D eigenvalue weighted by Crippen LogP contribution is 2.33.